The Kier molecular flexibility index (Phi) is 5.66. The molecule has 7 heteroatoms. The van der Waals surface area contributed by atoms with Crippen molar-refractivity contribution in [3.05, 3.63) is 84.2 Å². The number of halogens is 1. The van der Waals surface area contributed by atoms with Gasteiger partial charge in [0.2, 0.25) is 0 Å². The summed E-state index contributed by atoms with van der Waals surface area (Å²) in [6, 6.07) is 22.1. The van der Waals surface area contributed by atoms with Gasteiger partial charge in [-0.1, -0.05) is 30.3 Å². The molecule has 0 radical (unpaired) electrons. The minimum absolute atomic E-state index is 0.158. The number of carbonyl (C=O) groups is 1. The maximum absolute atomic E-state index is 13.4. The van der Waals surface area contributed by atoms with Crippen LogP contribution in [0.25, 0.3) is 22.4 Å². The van der Waals surface area contributed by atoms with E-state index in [0.717, 1.165) is 18.7 Å². The van der Waals surface area contributed by atoms with E-state index < -0.39 is 6.10 Å². The van der Waals surface area contributed by atoms with Crippen LogP contribution < -0.4 is 5.32 Å². The third-order valence-corrected chi connectivity index (χ3v) is 5.56. The Balaban J connectivity index is 1.22. The van der Waals surface area contributed by atoms with Gasteiger partial charge in [0, 0.05) is 30.9 Å². The normalized spacial score (nSPS) is 16.8. The molecule has 0 bridgehead atoms. The molecule has 5 rings (SSSR count). The second-order valence-corrected chi connectivity index (χ2v) is 7.89. The minimum atomic E-state index is -0.516. The molecule has 0 saturated carbocycles. The highest BCUT2D eigenvalue weighted by atomic mass is 19.1. The summed E-state index contributed by atoms with van der Waals surface area (Å²) in [7, 11) is 0. The zero-order chi connectivity index (χ0) is 21.9. The first-order valence-electron chi connectivity index (χ1n) is 10.6. The zero-order valence-electron chi connectivity index (χ0n) is 17.4. The van der Waals surface area contributed by atoms with Crippen LogP contribution in [-0.4, -0.2) is 46.6 Å². The van der Waals surface area contributed by atoms with Crippen molar-refractivity contribution in [1.82, 2.24) is 14.9 Å². The highest BCUT2D eigenvalue weighted by molar-refractivity contribution is 5.94. The molecule has 1 aromatic heterocycles. The number of imidazole rings is 1. The van der Waals surface area contributed by atoms with Gasteiger partial charge in [-0.3, -0.25) is 9.69 Å². The van der Waals surface area contributed by atoms with E-state index in [2.05, 4.69) is 32.3 Å². The molecule has 0 aliphatic carbocycles. The lowest BCUT2D eigenvalue weighted by atomic mass is 10.1. The quantitative estimate of drug-likeness (QED) is 0.498. The fourth-order valence-electron chi connectivity index (χ4n) is 3.90. The monoisotopic (exact) mass is 430 g/mol. The molecule has 1 unspecified atom stereocenters. The molecule has 32 heavy (non-hydrogen) atoms. The van der Waals surface area contributed by atoms with E-state index in [1.807, 2.05) is 42.5 Å². The molecule has 1 fully saturated rings. The molecule has 2 heterocycles. The lowest BCUT2D eigenvalue weighted by Gasteiger charge is -2.32. The van der Waals surface area contributed by atoms with Gasteiger partial charge in [0.15, 0.2) is 0 Å². The Labute approximate surface area is 185 Å². The van der Waals surface area contributed by atoms with Crippen molar-refractivity contribution in [2.75, 3.05) is 25.0 Å². The Hall–Kier alpha value is -3.55. The third-order valence-electron chi connectivity index (χ3n) is 5.56. The van der Waals surface area contributed by atoms with Gasteiger partial charge in [-0.15, -0.1) is 0 Å². The second-order valence-electron chi connectivity index (χ2n) is 7.89. The number of nitrogens with one attached hydrogen (secondary N) is 2. The SMILES string of the molecule is O=C(Nc1ccc(-c2nc3ccc(F)cc3[nH]2)cc1)C1CN(Cc2ccccc2)CCO1. The van der Waals surface area contributed by atoms with Crippen LogP contribution in [0.4, 0.5) is 10.1 Å². The summed E-state index contributed by atoms with van der Waals surface area (Å²) >= 11 is 0. The molecule has 1 aliphatic heterocycles. The Morgan fingerprint density at radius 1 is 1.12 bits per heavy atom. The summed E-state index contributed by atoms with van der Waals surface area (Å²) < 4.78 is 19.1. The van der Waals surface area contributed by atoms with Crippen molar-refractivity contribution < 1.29 is 13.9 Å². The van der Waals surface area contributed by atoms with Gasteiger partial charge in [-0.25, -0.2) is 9.37 Å². The van der Waals surface area contributed by atoms with Crippen LogP contribution in [0.3, 0.4) is 0 Å². The van der Waals surface area contributed by atoms with Crippen molar-refractivity contribution in [1.29, 1.82) is 0 Å². The van der Waals surface area contributed by atoms with E-state index in [0.29, 0.717) is 35.7 Å². The second kappa shape index (κ2) is 8.90. The number of amides is 1. The number of benzene rings is 3. The van der Waals surface area contributed by atoms with Gasteiger partial charge in [0.1, 0.15) is 17.7 Å². The van der Waals surface area contributed by atoms with Crippen molar-refractivity contribution in [2.45, 2.75) is 12.6 Å². The number of H-pyrrole nitrogens is 1. The summed E-state index contributed by atoms with van der Waals surface area (Å²) in [6.45, 7) is 2.67. The average Bonchev–Trinajstić information content (AvgIpc) is 3.23. The standard InChI is InChI=1S/C25H23FN4O2/c26-19-8-11-21-22(14-19)29-24(28-21)18-6-9-20(10-7-18)27-25(31)23-16-30(12-13-32-23)15-17-4-2-1-3-5-17/h1-11,14,23H,12-13,15-16H2,(H,27,31)(H,28,29). The van der Waals surface area contributed by atoms with E-state index in [1.54, 1.807) is 6.07 Å². The average molecular weight is 430 g/mol. The number of rotatable bonds is 5. The molecule has 1 amide bonds. The topological polar surface area (TPSA) is 70.2 Å². The number of aromatic nitrogens is 2. The molecule has 162 valence electrons. The van der Waals surface area contributed by atoms with Crippen LogP contribution in [0.5, 0.6) is 0 Å². The molecular weight excluding hydrogens is 407 g/mol. The summed E-state index contributed by atoms with van der Waals surface area (Å²) in [5.74, 6) is 0.184. The number of carbonyl (C=O) groups excluding carboxylic acids is 1. The lowest BCUT2D eigenvalue weighted by Crippen LogP contribution is -2.47. The lowest BCUT2D eigenvalue weighted by molar-refractivity contribution is -0.133. The molecule has 1 atom stereocenters. The highest BCUT2D eigenvalue weighted by Crippen LogP contribution is 2.23. The van der Waals surface area contributed by atoms with E-state index >= 15 is 0 Å². The predicted octanol–water partition coefficient (Wildman–Crippen LogP) is 4.21. The first kappa shape index (κ1) is 20.4. The van der Waals surface area contributed by atoms with Crippen molar-refractivity contribution >= 4 is 22.6 Å². The minimum Gasteiger partial charge on any atom is -0.366 e. The molecule has 4 aromatic rings. The number of aromatic amines is 1. The fourth-order valence-corrected chi connectivity index (χ4v) is 3.90. The number of ether oxygens (including phenoxy) is 1. The van der Waals surface area contributed by atoms with Gasteiger partial charge < -0.3 is 15.0 Å². The van der Waals surface area contributed by atoms with Gasteiger partial charge in [-0.2, -0.15) is 0 Å². The molecule has 0 spiro atoms. The largest absolute Gasteiger partial charge is 0.366 e. The number of hydrogen-bond donors (Lipinski definition) is 2. The molecule has 6 nitrogen and oxygen atoms in total. The summed E-state index contributed by atoms with van der Waals surface area (Å²) in [5, 5.41) is 2.94. The summed E-state index contributed by atoms with van der Waals surface area (Å²) in [4.78, 5) is 22.6. The maximum Gasteiger partial charge on any atom is 0.254 e. The van der Waals surface area contributed by atoms with Gasteiger partial charge in [0.25, 0.3) is 5.91 Å². The first-order chi connectivity index (χ1) is 15.6. The number of fused-ring (bicyclic) bond motifs is 1. The smallest absolute Gasteiger partial charge is 0.254 e. The predicted molar refractivity (Wildman–Crippen MR) is 122 cm³/mol. The molecule has 1 saturated heterocycles. The molecule has 3 aromatic carbocycles. The van der Waals surface area contributed by atoms with Crippen LogP contribution in [0.15, 0.2) is 72.8 Å². The third kappa shape index (κ3) is 4.54. The summed E-state index contributed by atoms with van der Waals surface area (Å²) in [6.07, 6.45) is -0.516. The van der Waals surface area contributed by atoms with Gasteiger partial charge in [0.05, 0.1) is 17.6 Å². The van der Waals surface area contributed by atoms with Gasteiger partial charge in [-0.05, 0) is 48.0 Å². The summed E-state index contributed by atoms with van der Waals surface area (Å²) in [5.41, 5.74) is 4.10. The number of morpholine rings is 1. The highest BCUT2D eigenvalue weighted by Gasteiger charge is 2.26. The first-order valence-corrected chi connectivity index (χ1v) is 10.6. The van der Waals surface area contributed by atoms with Crippen LogP contribution in [0.2, 0.25) is 0 Å². The molecule has 1 aliphatic rings. The molecule has 2 N–H and O–H groups in total. The fraction of sp³-hybridized carbons (Fsp3) is 0.200. The number of anilines is 1. The number of nitrogens with zero attached hydrogens (tertiary/aromatic N) is 2. The molecular formula is C25H23FN4O2. The van der Waals surface area contributed by atoms with E-state index in [1.165, 1.54) is 17.7 Å². The number of hydrogen-bond acceptors (Lipinski definition) is 4. The van der Waals surface area contributed by atoms with E-state index in [4.69, 9.17) is 4.74 Å². The zero-order valence-corrected chi connectivity index (χ0v) is 17.4. The van der Waals surface area contributed by atoms with Crippen molar-refractivity contribution in [3.8, 4) is 11.4 Å². The van der Waals surface area contributed by atoms with Crippen LogP contribution in [0.1, 0.15) is 5.56 Å². The van der Waals surface area contributed by atoms with Crippen molar-refractivity contribution in [3.63, 3.8) is 0 Å². The van der Waals surface area contributed by atoms with E-state index in [9.17, 15) is 9.18 Å². The maximum atomic E-state index is 13.4. The van der Waals surface area contributed by atoms with E-state index in [-0.39, 0.29) is 11.7 Å². The van der Waals surface area contributed by atoms with Crippen LogP contribution >= 0.6 is 0 Å². The Bertz CT molecular complexity index is 1220. The van der Waals surface area contributed by atoms with Crippen LogP contribution in [-0.2, 0) is 16.1 Å². The Morgan fingerprint density at radius 2 is 1.94 bits per heavy atom. The van der Waals surface area contributed by atoms with Crippen molar-refractivity contribution in [2.24, 2.45) is 0 Å². The van der Waals surface area contributed by atoms with Gasteiger partial charge >= 0.3 is 0 Å². The Morgan fingerprint density at radius 3 is 2.75 bits per heavy atom. The van der Waals surface area contributed by atoms with Crippen LogP contribution in [0, 0.1) is 5.82 Å².